The van der Waals surface area contributed by atoms with E-state index in [2.05, 4.69) is 0 Å². The first-order chi connectivity index (χ1) is 13.0. The van der Waals surface area contributed by atoms with Crippen LogP contribution in [-0.4, -0.2) is 27.6 Å². The molecule has 2 aliphatic heterocycles. The molecule has 27 heavy (non-hydrogen) atoms. The first-order valence-corrected chi connectivity index (χ1v) is 10.1. The van der Waals surface area contributed by atoms with E-state index < -0.39 is 0 Å². The number of carbonyl (C=O) groups is 2. The Hall–Kier alpha value is -2.15. The molecule has 0 N–H and O–H groups in total. The van der Waals surface area contributed by atoms with Gasteiger partial charge < -0.3 is 4.90 Å². The number of nitrogens with zero attached hydrogens (tertiary/aromatic N) is 2. The summed E-state index contributed by atoms with van der Waals surface area (Å²) in [7, 11) is 0. The van der Waals surface area contributed by atoms with Crippen LogP contribution in [0.2, 0.25) is 5.02 Å². The number of anilines is 1. The van der Waals surface area contributed by atoms with E-state index >= 15 is 0 Å². The molecule has 2 aromatic carbocycles. The van der Waals surface area contributed by atoms with E-state index in [1.165, 1.54) is 16.7 Å². The molecule has 0 bridgehead atoms. The second kappa shape index (κ2) is 7.11. The Morgan fingerprint density at radius 1 is 1.00 bits per heavy atom. The lowest BCUT2D eigenvalue weighted by Gasteiger charge is -2.15. The van der Waals surface area contributed by atoms with Crippen LogP contribution in [0.4, 0.5) is 5.69 Å². The quantitative estimate of drug-likeness (QED) is 0.548. The van der Waals surface area contributed by atoms with Crippen LogP contribution in [0.1, 0.15) is 18.1 Å². The highest BCUT2D eigenvalue weighted by atomic mass is 35.5. The van der Waals surface area contributed by atoms with E-state index in [1.807, 2.05) is 49.4 Å². The van der Waals surface area contributed by atoms with Crippen LogP contribution >= 0.6 is 35.6 Å². The van der Waals surface area contributed by atoms with E-state index in [9.17, 15) is 9.59 Å². The molecule has 4 nitrogen and oxygen atoms in total. The predicted octanol–water partition coefficient (Wildman–Crippen LogP) is 4.48. The standard InChI is InChI=1S/C20H15ClN2O2S2/c1-2-22-15-10-6-4-8-13(15)16(18(22)24)17-19(25)23(20(26)27-17)11-12-7-3-5-9-14(12)21/h3-10H,2,11H2,1H3. The van der Waals surface area contributed by atoms with Crippen molar-refractivity contribution in [2.45, 2.75) is 13.5 Å². The maximum absolute atomic E-state index is 13.1. The number of thioether (sulfide) groups is 1. The van der Waals surface area contributed by atoms with Crippen molar-refractivity contribution in [3.05, 3.63) is 69.6 Å². The summed E-state index contributed by atoms with van der Waals surface area (Å²) < 4.78 is 0.433. The predicted molar refractivity (Wildman–Crippen MR) is 114 cm³/mol. The minimum atomic E-state index is -0.249. The van der Waals surface area contributed by atoms with Gasteiger partial charge in [0.2, 0.25) is 0 Å². The first-order valence-electron chi connectivity index (χ1n) is 8.45. The molecule has 0 aliphatic carbocycles. The number of benzene rings is 2. The number of halogens is 1. The fourth-order valence-corrected chi connectivity index (χ4v) is 4.82. The molecule has 0 saturated carbocycles. The maximum Gasteiger partial charge on any atom is 0.267 e. The van der Waals surface area contributed by atoms with Crippen LogP contribution in [0, 0.1) is 0 Å². The van der Waals surface area contributed by atoms with Crippen molar-refractivity contribution in [3.63, 3.8) is 0 Å². The van der Waals surface area contributed by atoms with Crippen LogP contribution in [0.3, 0.4) is 0 Å². The summed E-state index contributed by atoms with van der Waals surface area (Å²) >= 11 is 12.8. The third-order valence-corrected chi connectivity index (χ3v) is 6.42. The Labute approximate surface area is 171 Å². The van der Waals surface area contributed by atoms with Crippen molar-refractivity contribution in [3.8, 4) is 0 Å². The van der Waals surface area contributed by atoms with Crippen molar-refractivity contribution < 1.29 is 9.59 Å². The molecule has 0 radical (unpaired) electrons. The molecular weight excluding hydrogens is 400 g/mol. The average Bonchev–Trinajstić information content (AvgIpc) is 3.10. The molecule has 7 heteroatoms. The minimum absolute atomic E-state index is 0.156. The normalized spacial score (nSPS) is 19.3. The van der Waals surface area contributed by atoms with Gasteiger partial charge in [0.15, 0.2) is 0 Å². The van der Waals surface area contributed by atoms with E-state index in [0.29, 0.717) is 26.4 Å². The highest BCUT2D eigenvalue weighted by Gasteiger charge is 2.41. The molecule has 0 aromatic heterocycles. The molecule has 0 unspecified atom stereocenters. The van der Waals surface area contributed by atoms with Gasteiger partial charge in [-0.05, 0) is 24.6 Å². The number of thiocarbonyl (C=S) groups is 1. The molecule has 2 aromatic rings. The zero-order chi connectivity index (χ0) is 19.1. The summed E-state index contributed by atoms with van der Waals surface area (Å²) in [5.74, 6) is -0.405. The molecule has 2 amide bonds. The monoisotopic (exact) mass is 414 g/mol. The lowest BCUT2D eigenvalue weighted by molar-refractivity contribution is -0.122. The SMILES string of the molecule is CCN1C(=O)C(=C2SC(=S)N(Cc3ccccc3Cl)C2=O)c2ccccc21. The molecule has 2 aliphatic rings. The number of rotatable bonds is 3. The maximum atomic E-state index is 13.1. The van der Waals surface area contributed by atoms with Crippen molar-refractivity contribution in [2.24, 2.45) is 0 Å². The largest absolute Gasteiger partial charge is 0.308 e. The first kappa shape index (κ1) is 18.2. The molecule has 1 fully saturated rings. The van der Waals surface area contributed by atoms with Gasteiger partial charge in [0.1, 0.15) is 4.32 Å². The summed E-state index contributed by atoms with van der Waals surface area (Å²) in [5, 5.41) is 0.582. The van der Waals surface area contributed by atoms with Crippen LogP contribution in [0.25, 0.3) is 5.57 Å². The summed E-state index contributed by atoms with van der Waals surface area (Å²) in [6.45, 7) is 2.74. The Kier molecular flexibility index (Phi) is 4.80. The van der Waals surface area contributed by atoms with Crippen LogP contribution < -0.4 is 4.90 Å². The molecular formula is C20H15ClN2O2S2. The highest BCUT2D eigenvalue weighted by molar-refractivity contribution is 8.26. The Morgan fingerprint density at radius 3 is 2.44 bits per heavy atom. The number of hydrogen-bond donors (Lipinski definition) is 0. The topological polar surface area (TPSA) is 40.6 Å². The number of para-hydroxylation sites is 1. The summed E-state index contributed by atoms with van der Waals surface area (Å²) in [6.07, 6.45) is 0. The number of fused-ring (bicyclic) bond motifs is 1. The van der Waals surface area contributed by atoms with Crippen molar-refractivity contribution in [2.75, 3.05) is 11.4 Å². The fourth-order valence-electron chi connectivity index (χ4n) is 3.30. The molecule has 1 saturated heterocycles. The minimum Gasteiger partial charge on any atom is -0.308 e. The Morgan fingerprint density at radius 2 is 1.70 bits per heavy atom. The van der Waals surface area contributed by atoms with Gasteiger partial charge in [0, 0.05) is 17.1 Å². The summed E-state index contributed by atoms with van der Waals surface area (Å²) in [5.41, 5.74) is 2.86. The van der Waals surface area contributed by atoms with Crippen LogP contribution in [0.15, 0.2) is 53.4 Å². The molecule has 0 atom stereocenters. The van der Waals surface area contributed by atoms with Crippen molar-refractivity contribution in [1.82, 2.24) is 4.90 Å². The lowest BCUT2D eigenvalue weighted by atomic mass is 10.1. The highest BCUT2D eigenvalue weighted by Crippen LogP contribution is 2.44. The Bertz CT molecular complexity index is 1020. The number of carbonyl (C=O) groups excluding carboxylic acids is 2. The smallest absolute Gasteiger partial charge is 0.267 e. The zero-order valence-electron chi connectivity index (χ0n) is 14.4. The van der Waals surface area contributed by atoms with Gasteiger partial charge in [-0.25, -0.2) is 0 Å². The van der Waals surface area contributed by atoms with Crippen LogP contribution in [-0.2, 0) is 16.1 Å². The number of hydrogen-bond acceptors (Lipinski definition) is 4. The number of amides is 2. The fraction of sp³-hybridized carbons (Fsp3) is 0.150. The van der Waals surface area contributed by atoms with E-state index in [4.69, 9.17) is 23.8 Å². The van der Waals surface area contributed by atoms with E-state index in [0.717, 1.165) is 16.8 Å². The summed E-state index contributed by atoms with van der Waals surface area (Å²) in [6, 6.07) is 14.9. The third-order valence-electron chi connectivity index (χ3n) is 4.60. The lowest BCUT2D eigenvalue weighted by Crippen LogP contribution is -2.29. The van der Waals surface area contributed by atoms with Gasteiger partial charge in [-0.2, -0.15) is 0 Å². The van der Waals surface area contributed by atoms with Gasteiger partial charge in [-0.1, -0.05) is 72.0 Å². The van der Waals surface area contributed by atoms with E-state index in [1.54, 1.807) is 11.0 Å². The molecule has 2 heterocycles. The zero-order valence-corrected chi connectivity index (χ0v) is 16.8. The van der Waals surface area contributed by atoms with Gasteiger partial charge in [0.25, 0.3) is 11.8 Å². The van der Waals surface area contributed by atoms with Crippen LogP contribution in [0.5, 0.6) is 0 Å². The van der Waals surface area contributed by atoms with Crippen molar-refractivity contribution >= 4 is 63.0 Å². The van der Waals surface area contributed by atoms with Crippen molar-refractivity contribution in [1.29, 1.82) is 0 Å². The second-order valence-electron chi connectivity index (χ2n) is 6.12. The number of likely N-dealkylation sites (N-methyl/N-ethyl adjacent to an activating group) is 1. The average molecular weight is 415 g/mol. The van der Waals surface area contributed by atoms with Gasteiger partial charge in [0.05, 0.1) is 22.7 Å². The second-order valence-corrected chi connectivity index (χ2v) is 8.17. The Balaban J connectivity index is 1.75. The molecule has 136 valence electrons. The van der Waals surface area contributed by atoms with E-state index in [-0.39, 0.29) is 18.4 Å². The summed E-state index contributed by atoms with van der Waals surface area (Å²) in [4.78, 5) is 29.7. The molecule has 4 rings (SSSR count). The third kappa shape index (κ3) is 2.98. The molecule has 0 spiro atoms. The van der Waals surface area contributed by atoms with Gasteiger partial charge in [-0.3, -0.25) is 14.5 Å². The van der Waals surface area contributed by atoms with Gasteiger partial charge >= 0.3 is 0 Å². The van der Waals surface area contributed by atoms with Gasteiger partial charge in [-0.15, -0.1) is 0 Å².